The van der Waals surface area contributed by atoms with Gasteiger partial charge in [-0.3, -0.25) is 0 Å². The number of anilines is 1. The average molecular weight is 334 g/mol. The number of aryl methyl sites for hydroxylation is 1. The Balaban J connectivity index is 1.53. The van der Waals surface area contributed by atoms with E-state index in [4.69, 9.17) is 0 Å². The van der Waals surface area contributed by atoms with Crippen molar-refractivity contribution in [1.82, 2.24) is 5.32 Å². The van der Waals surface area contributed by atoms with E-state index < -0.39 is 0 Å². The van der Waals surface area contributed by atoms with Gasteiger partial charge in [0.2, 0.25) is 0 Å². The van der Waals surface area contributed by atoms with E-state index >= 15 is 0 Å². The van der Waals surface area contributed by atoms with Crippen LogP contribution in [0.25, 0.3) is 0 Å². The Hall–Kier alpha value is -1.20. The number of amides is 2. The number of hydrogen-bond acceptors (Lipinski definition) is 3. The highest BCUT2D eigenvalue weighted by atomic mass is 32.2. The molecule has 3 N–H and O–H groups in total. The van der Waals surface area contributed by atoms with Crippen LogP contribution < -0.4 is 10.6 Å². The second kappa shape index (κ2) is 7.58. The summed E-state index contributed by atoms with van der Waals surface area (Å²) in [5, 5.41) is 15.6. The van der Waals surface area contributed by atoms with Crippen LogP contribution in [-0.2, 0) is 6.42 Å². The Morgan fingerprint density at radius 2 is 2.00 bits per heavy atom. The maximum atomic E-state index is 12.3. The zero-order chi connectivity index (χ0) is 16.2. The lowest BCUT2D eigenvalue weighted by Gasteiger charge is -2.30. The SMILES string of the molecule is CSCCc1ccc(NC(=O)NC2C3CCC(C3)C2CO)cc1. The summed E-state index contributed by atoms with van der Waals surface area (Å²) in [4.78, 5) is 12.3. The van der Waals surface area contributed by atoms with Gasteiger partial charge in [-0.05, 0) is 67.2 Å². The van der Waals surface area contributed by atoms with E-state index in [0.717, 1.165) is 24.3 Å². The van der Waals surface area contributed by atoms with Gasteiger partial charge in [-0.15, -0.1) is 0 Å². The first-order valence-electron chi connectivity index (χ1n) is 8.47. The molecule has 4 nitrogen and oxygen atoms in total. The van der Waals surface area contributed by atoms with Crippen LogP contribution in [0.4, 0.5) is 10.5 Å². The smallest absolute Gasteiger partial charge is 0.319 e. The number of aliphatic hydroxyl groups excluding tert-OH is 1. The summed E-state index contributed by atoms with van der Waals surface area (Å²) >= 11 is 1.84. The summed E-state index contributed by atoms with van der Waals surface area (Å²) in [5.41, 5.74) is 2.11. The minimum Gasteiger partial charge on any atom is -0.396 e. The van der Waals surface area contributed by atoms with Crippen molar-refractivity contribution >= 4 is 23.5 Å². The van der Waals surface area contributed by atoms with Crippen molar-refractivity contribution in [2.75, 3.05) is 23.9 Å². The molecule has 3 rings (SSSR count). The van der Waals surface area contributed by atoms with Crippen molar-refractivity contribution in [2.24, 2.45) is 17.8 Å². The normalized spacial score (nSPS) is 28.8. The van der Waals surface area contributed by atoms with E-state index in [9.17, 15) is 9.90 Å². The Morgan fingerprint density at radius 3 is 2.70 bits per heavy atom. The highest BCUT2D eigenvalue weighted by Gasteiger charge is 2.47. The largest absolute Gasteiger partial charge is 0.396 e. The lowest BCUT2D eigenvalue weighted by atomic mass is 9.85. The molecule has 2 aliphatic carbocycles. The van der Waals surface area contributed by atoms with Gasteiger partial charge in [0.05, 0.1) is 0 Å². The molecule has 23 heavy (non-hydrogen) atoms. The predicted molar refractivity (Wildman–Crippen MR) is 95.9 cm³/mol. The molecule has 4 unspecified atom stereocenters. The van der Waals surface area contributed by atoms with Crippen LogP contribution in [0.1, 0.15) is 24.8 Å². The maximum absolute atomic E-state index is 12.3. The molecule has 2 bridgehead atoms. The third-order valence-electron chi connectivity index (χ3n) is 5.40. The van der Waals surface area contributed by atoms with Gasteiger partial charge in [0.15, 0.2) is 0 Å². The molecule has 0 aliphatic heterocycles. The van der Waals surface area contributed by atoms with Crippen molar-refractivity contribution in [3.8, 4) is 0 Å². The molecule has 0 spiro atoms. The van der Waals surface area contributed by atoms with Crippen molar-refractivity contribution in [3.05, 3.63) is 29.8 Å². The Bertz CT molecular complexity index is 534. The molecule has 4 atom stereocenters. The Kier molecular flexibility index (Phi) is 5.49. The van der Waals surface area contributed by atoms with E-state index in [1.807, 2.05) is 23.9 Å². The van der Waals surface area contributed by atoms with Gasteiger partial charge in [0.1, 0.15) is 0 Å². The Labute approximate surface area is 142 Å². The highest BCUT2D eigenvalue weighted by molar-refractivity contribution is 7.98. The van der Waals surface area contributed by atoms with Gasteiger partial charge in [-0.25, -0.2) is 4.79 Å². The van der Waals surface area contributed by atoms with Crippen LogP contribution in [0.5, 0.6) is 0 Å². The van der Waals surface area contributed by atoms with Gasteiger partial charge in [-0.2, -0.15) is 11.8 Å². The van der Waals surface area contributed by atoms with Crippen molar-refractivity contribution < 1.29 is 9.90 Å². The maximum Gasteiger partial charge on any atom is 0.319 e. The Morgan fingerprint density at radius 1 is 1.26 bits per heavy atom. The van der Waals surface area contributed by atoms with E-state index in [2.05, 4.69) is 29.0 Å². The van der Waals surface area contributed by atoms with Crippen LogP contribution in [0.15, 0.2) is 24.3 Å². The molecular weight excluding hydrogens is 308 g/mol. The summed E-state index contributed by atoms with van der Waals surface area (Å²) in [5.74, 6) is 2.47. The van der Waals surface area contributed by atoms with Gasteiger partial charge < -0.3 is 15.7 Å². The van der Waals surface area contributed by atoms with Gasteiger partial charge in [-0.1, -0.05) is 12.1 Å². The van der Waals surface area contributed by atoms with Crippen molar-refractivity contribution in [1.29, 1.82) is 0 Å². The third-order valence-corrected chi connectivity index (χ3v) is 6.02. The molecule has 1 aromatic carbocycles. The van der Waals surface area contributed by atoms with Crippen molar-refractivity contribution in [2.45, 2.75) is 31.7 Å². The molecule has 2 aliphatic rings. The highest BCUT2D eigenvalue weighted by Crippen LogP contribution is 2.48. The fourth-order valence-electron chi connectivity index (χ4n) is 4.19. The summed E-state index contributed by atoms with van der Waals surface area (Å²) in [6, 6.07) is 8.02. The number of carbonyl (C=O) groups is 1. The molecule has 2 amide bonds. The fraction of sp³-hybridized carbons (Fsp3) is 0.611. The van der Waals surface area contributed by atoms with Crippen LogP contribution in [0, 0.1) is 17.8 Å². The number of rotatable bonds is 6. The van der Waals surface area contributed by atoms with E-state index in [1.165, 1.54) is 18.4 Å². The molecule has 2 fully saturated rings. The first-order chi connectivity index (χ1) is 11.2. The molecule has 5 heteroatoms. The third kappa shape index (κ3) is 3.83. The van der Waals surface area contributed by atoms with Crippen molar-refractivity contribution in [3.63, 3.8) is 0 Å². The minimum absolute atomic E-state index is 0.125. The quantitative estimate of drug-likeness (QED) is 0.749. The number of thioether (sulfide) groups is 1. The molecule has 0 saturated heterocycles. The number of aliphatic hydroxyl groups is 1. The van der Waals surface area contributed by atoms with Crippen LogP contribution in [-0.4, -0.2) is 35.8 Å². The summed E-state index contributed by atoms with van der Waals surface area (Å²) in [6.07, 6.45) is 6.69. The number of urea groups is 1. The monoisotopic (exact) mass is 334 g/mol. The molecular formula is C18H26N2O2S. The lowest BCUT2D eigenvalue weighted by molar-refractivity contribution is 0.146. The molecule has 126 valence electrons. The lowest BCUT2D eigenvalue weighted by Crippen LogP contribution is -2.46. The van der Waals surface area contributed by atoms with E-state index in [-0.39, 0.29) is 24.6 Å². The van der Waals surface area contributed by atoms with Gasteiger partial charge in [0, 0.05) is 24.3 Å². The number of benzene rings is 1. The van der Waals surface area contributed by atoms with Gasteiger partial charge >= 0.3 is 6.03 Å². The zero-order valence-electron chi connectivity index (χ0n) is 13.6. The number of hydrogen-bond donors (Lipinski definition) is 3. The fourth-order valence-corrected chi connectivity index (χ4v) is 4.63. The van der Waals surface area contributed by atoms with Gasteiger partial charge in [0.25, 0.3) is 0 Å². The van der Waals surface area contributed by atoms with Crippen LogP contribution in [0.2, 0.25) is 0 Å². The summed E-state index contributed by atoms with van der Waals surface area (Å²) < 4.78 is 0. The number of nitrogens with one attached hydrogen (secondary N) is 2. The second-order valence-electron chi connectivity index (χ2n) is 6.74. The molecule has 2 saturated carbocycles. The molecule has 1 aromatic rings. The molecule has 0 aromatic heterocycles. The summed E-state index contributed by atoms with van der Waals surface area (Å²) in [7, 11) is 0. The zero-order valence-corrected chi connectivity index (χ0v) is 14.4. The number of fused-ring (bicyclic) bond motifs is 2. The summed E-state index contributed by atoms with van der Waals surface area (Å²) in [6.45, 7) is 0.177. The predicted octanol–water partition coefficient (Wildman–Crippen LogP) is 3.12. The second-order valence-corrected chi connectivity index (χ2v) is 7.73. The molecule has 0 radical (unpaired) electrons. The average Bonchev–Trinajstić information content (AvgIpc) is 3.15. The molecule has 0 heterocycles. The van der Waals surface area contributed by atoms with E-state index in [1.54, 1.807) is 0 Å². The van der Waals surface area contributed by atoms with Crippen LogP contribution in [0.3, 0.4) is 0 Å². The van der Waals surface area contributed by atoms with Crippen LogP contribution >= 0.6 is 11.8 Å². The number of carbonyl (C=O) groups excluding carboxylic acids is 1. The minimum atomic E-state index is -0.155. The first kappa shape index (κ1) is 16.7. The first-order valence-corrected chi connectivity index (χ1v) is 9.87. The van der Waals surface area contributed by atoms with E-state index in [0.29, 0.717) is 11.8 Å². The topological polar surface area (TPSA) is 61.4 Å². The standard InChI is InChI=1S/C18H26N2O2S/c1-23-9-8-12-2-6-15(7-3-12)19-18(22)20-17-14-5-4-13(10-14)16(17)11-21/h2-3,6-7,13-14,16-17,21H,4-5,8-11H2,1H3,(H2,19,20,22).